The zero-order chi connectivity index (χ0) is 22.6. The zero-order valence-electron chi connectivity index (χ0n) is 18.2. The maximum absolute atomic E-state index is 12.9. The average molecular weight is 461 g/mol. The standard InChI is InChI=1S/C25H25ClN6O/c26-18-8-9-21-20(17-18)19(24(30-21)22-6-1-2-10-27-22)5-3-7-23(33)31-13-15-32(16-14-31)25-28-11-4-12-29-25/h1-2,4,6,8-12,17,30H,3,5,7,13-16H2. The van der Waals surface area contributed by atoms with Crippen LogP contribution in [0, 0.1) is 0 Å². The van der Waals surface area contributed by atoms with Crippen LogP contribution in [-0.2, 0) is 11.2 Å². The lowest BCUT2D eigenvalue weighted by Gasteiger charge is -2.34. The van der Waals surface area contributed by atoms with Crippen LogP contribution in [0.5, 0.6) is 0 Å². The number of amides is 1. The molecule has 0 bridgehead atoms. The van der Waals surface area contributed by atoms with Gasteiger partial charge < -0.3 is 14.8 Å². The van der Waals surface area contributed by atoms with Crippen LogP contribution in [-0.4, -0.2) is 56.9 Å². The molecule has 0 radical (unpaired) electrons. The highest BCUT2D eigenvalue weighted by Gasteiger charge is 2.22. The summed E-state index contributed by atoms with van der Waals surface area (Å²) in [5.74, 6) is 0.922. The van der Waals surface area contributed by atoms with Crippen LogP contribution in [0.3, 0.4) is 0 Å². The number of carbonyl (C=O) groups excluding carboxylic acids is 1. The van der Waals surface area contributed by atoms with Crippen molar-refractivity contribution in [1.29, 1.82) is 0 Å². The second kappa shape index (κ2) is 9.58. The first kappa shape index (κ1) is 21.4. The van der Waals surface area contributed by atoms with Crippen molar-refractivity contribution >= 4 is 34.4 Å². The molecule has 1 saturated heterocycles. The monoisotopic (exact) mass is 460 g/mol. The Labute approximate surface area is 197 Å². The number of nitrogens with one attached hydrogen (secondary N) is 1. The minimum Gasteiger partial charge on any atom is -0.353 e. The second-order valence-electron chi connectivity index (χ2n) is 8.15. The summed E-state index contributed by atoms with van der Waals surface area (Å²) in [5.41, 5.74) is 4.08. The largest absolute Gasteiger partial charge is 0.353 e. The lowest BCUT2D eigenvalue weighted by Crippen LogP contribution is -2.49. The van der Waals surface area contributed by atoms with Crippen LogP contribution in [0.1, 0.15) is 18.4 Å². The number of halogens is 1. The highest BCUT2D eigenvalue weighted by molar-refractivity contribution is 6.31. The Hall–Kier alpha value is -3.45. The molecule has 1 aromatic carbocycles. The molecule has 4 heterocycles. The van der Waals surface area contributed by atoms with E-state index in [9.17, 15) is 4.79 Å². The van der Waals surface area contributed by atoms with Crippen LogP contribution in [0.2, 0.25) is 5.02 Å². The van der Waals surface area contributed by atoms with E-state index in [-0.39, 0.29) is 5.91 Å². The number of aryl methyl sites for hydroxylation is 1. The first-order valence-corrected chi connectivity index (χ1v) is 11.6. The molecule has 0 saturated carbocycles. The molecule has 0 atom stereocenters. The van der Waals surface area contributed by atoms with Crippen LogP contribution in [0.15, 0.2) is 61.1 Å². The van der Waals surface area contributed by atoms with Gasteiger partial charge in [-0.2, -0.15) is 0 Å². The molecule has 1 aliphatic heterocycles. The van der Waals surface area contributed by atoms with E-state index in [2.05, 4.69) is 24.8 Å². The number of carbonyl (C=O) groups is 1. The number of H-pyrrole nitrogens is 1. The van der Waals surface area contributed by atoms with Gasteiger partial charge in [-0.15, -0.1) is 0 Å². The predicted octanol–water partition coefficient (Wildman–Crippen LogP) is 4.34. The van der Waals surface area contributed by atoms with Gasteiger partial charge >= 0.3 is 0 Å². The molecule has 0 unspecified atom stereocenters. The Bertz CT molecular complexity index is 1240. The minimum absolute atomic E-state index is 0.195. The van der Waals surface area contributed by atoms with E-state index in [1.807, 2.05) is 47.4 Å². The van der Waals surface area contributed by atoms with Gasteiger partial charge in [0.25, 0.3) is 0 Å². The number of rotatable bonds is 6. The van der Waals surface area contributed by atoms with Crippen molar-refractivity contribution in [2.75, 3.05) is 31.1 Å². The molecule has 3 aromatic heterocycles. The molecule has 1 fully saturated rings. The summed E-state index contributed by atoms with van der Waals surface area (Å²) in [6.07, 6.45) is 7.34. The summed E-state index contributed by atoms with van der Waals surface area (Å²) in [7, 11) is 0. The van der Waals surface area contributed by atoms with Crippen LogP contribution >= 0.6 is 11.6 Å². The van der Waals surface area contributed by atoms with Crippen molar-refractivity contribution in [3.63, 3.8) is 0 Å². The fourth-order valence-electron chi connectivity index (χ4n) is 4.39. The molecular weight excluding hydrogens is 436 g/mol. The number of anilines is 1. The minimum atomic E-state index is 0.195. The third-order valence-electron chi connectivity index (χ3n) is 6.07. The number of piperazine rings is 1. The normalized spacial score (nSPS) is 14.1. The summed E-state index contributed by atoms with van der Waals surface area (Å²) in [5, 5.41) is 1.79. The van der Waals surface area contributed by atoms with Crippen LogP contribution in [0.4, 0.5) is 5.95 Å². The van der Waals surface area contributed by atoms with Gasteiger partial charge in [0.2, 0.25) is 11.9 Å². The van der Waals surface area contributed by atoms with E-state index in [4.69, 9.17) is 11.6 Å². The number of hydrogen-bond donors (Lipinski definition) is 1. The first-order chi connectivity index (χ1) is 16.2. The number of aromatic amines is 1. The topological polar surface area (TPSA) is 78.0 Å². The number of hydrogen-bond acceptors (Lipinski definition) is 5. The highest BCUT2D eigenvalue weighted by Crippen LogP contribution is 2.32. The Kier molecular flexibility index (Phi) is 6.21. The van der Waals surface area contributed by atoms with Crippen LogP contribution < -0.4 is 4.90 Å². The molecule has 0 spiro atoms. The highest BCUT2D eigenvalue weighted by atomic mass is 35.5. The van der Waals surface area contributed by atoms with Gasteiger partial charge in [-0.1, -0.05) is 17.7 Å². The van der Waals surface area contributed by atoms with Gasteiger partial charge in [0.15, 0.2) is 0 Å². The molecule has 5 rings (SSSR count). The third-order valence-corrected chi connectivity index (χ3v) is 6.31. The summed E-state index contributed by atoms with van der Waals surface area (Å²) in [4.78, 5) is 33.6. The molecular formula is C25H25ClN6O. The fourth-order valence-corrected chi connectivity index (χ4v) is 4.57. The van der Waals surface area contributed by atoms with Gasteiger partial charge in [-0.3, -0.25) is 9.78 Å². The molecule has 4 aromatic rings. The molecule has 0 aliphatic carbocycles. The lowest BCUT2D eigenvalue weighted by molar-refractivity contribution is -0.131. The van der Waals surface area contributed by atoms with Crippen molar-refractivity contribution in [1.82, 2.24) is 24.8 Å². The van der Waals surface area contributed by atoms with Crippen molar-refractivity contribution in [2.45, 2.75) is 19.3 Å². The first-order valence-electron chi connectivity index (χ1n) is 11.2. The summed E-state index contributed by atoms with van der Waals surface area (Å²) in [6, 6.07) is 13.6. The van der Waals surface area contributed by atoms with Gasteiger partial charge in [0.1, 0.15) is 0 Å². The Balaban J connectivity index is 1.24. The Morgan fingerprint density at radius 1 is 0.970 bits per heavy atom. The van der Waals surface area contributed by atoms with E-state index in [1.165, 1.54) is 0 Å². The maximum Gasteiger partial charge on any atom is 0.225 e. The Morgan fingerprint density at radius 2 is 1.76 bits per heavy atom. The van der Waals surface area contributed by atoms with Gasteiger partial charge in [0.05, 0.1) is 11.4 Å². The maximum atomic E-state index is 12.9. The average Bonchev–Trinajstić information content (AvgIpc) is 3.23. The second-order valence-corrected chi connectivity index (χ2v) is 8.59. The van der Waals surface area contributed by atoms with E-state index >= 15 is 0 Å². The van der Waals surface area contributed by atoms with Crippen molar-refractivity contribution in [3.8, 4) is 11.4 Å². The van der Waals surface area contributed by atoms with E-state index in [0.717, 1.165) is 59.7 Å². The SMILES string of the molecule is O=C(CCCc1c(-c2ccccn2)[nH]c2ccc(Cl)cc12)N1CCN(c2ncccn2)CC1. The van der Waals surface area contributed by atoms with E-state index < -0.39 is 0 Å². The smallest absolute Gasteiger partial charge is 0.225 e. The van der Waals surface area contributed by atoms with Crippen LogP contribution in [0.25, 0.3) is 22.3 Å². The Morgan fingerprint density at radius 3 is 2.52 bits per heavy atom. The van der Waals surface area contributed by atoms with Crippen molar-refractivity contribution in [3.05, 3.63) is 71.6 Å². The van der Waals surface area contributed by atoms with E-state index in [1.54, 1.807) is 18.6 Å². The molecule has 1 N–H and O–H groups in total. The molecule has 1 amide bonds. The molecule has 8 heteroatoms. The summed E-state index contributed by atoms with van der Waals surface area (Å²) < 4.78 is 0. The molecule has 168 valence electrons. The number of fused-ring (bicyclic) bond motifs is 1. The van der Waals surface area contributed by atoms with Crippen molar-refractivity contribution in [2.24, 2.45) is 0 Å². The molecule has 7 nitrogen and oxygen atoms in total. The summed E-state index contributed by atoms with van der Waals surface area (Å²) >= 11 is 6.28. The number of nitrogens with zero attached hydrogens (tertiary/aromatic N) is 5. The lowest BCUT2D eigenvalue weighted by atomic mass is 10.0. The van der Waals surface area contributed by atoms with Crippen molar-refractivity contribution < 1.29 is 4.79 Å². The van der Waals surface area contributed by atoms with Gasteiger partial charge in [-0.05, 0) is 54.8 Å². The predicted molar refractivity (Wildman–Crippen MR) is 130 cm³/mol. The molecule has 33 heavy (non-hydrogen) atoms. The number of benzene rings is 1. The number of pyridine rings is 1. The summed E-state index contributed by atoms with van der Waals surface area (Å²) in [6.45, 7) is 2.89. The number of aromatic nitrogens is 4. The zero-order valence-corrected chi connectivity index (χ0v) is 19.0. The van der Waals surface area contributed by atoms with Gasteiger partial charge in [-0.25, -0.2) is 9.97 Å². The van der Waals surface area contributed by atoms with Gasteiger partial charge in [0, 0.05) is 67.1 Å². The third kappa shape index (κ3) is 4.68. The quantitative estimate of drug-likeness (QED) is 0.463. The molecule has 1 aliphatic rings. The van der Waals surface area contributed by atoms with E-state index in [0.29, 0.717) is 24.5 Å². The fraction of sp³-hybridized carbons (Fsp3) is 0.280.